The van der Waals surface area contributed by atoms with Crippen molar-refractivity contribution >= 4 is 0 Å². The van der Waals surface area contributed by atoms with E-state index in [4.69, 9.17) is 4.42 Å². The highest BCUT2D eigenvalue weighted by Gasteiger charge is 2.21. The van der Waals surface area contributed by atoms with Crippen LogP contribution in [0.3, 0.4) is 0 Å². The van der Waals surface area contributed by atoms with Crippen molar-refractivity contribution in [1.29, 1.82) is 0 Å². The zero-order valence-electron chi connectivity index (χ0n) is 10.7. The third-order valence-electron chi connectivity index (χ3n) is 3.12. The fourth-order valence-corrected chi connectivity index (χ4v) is 1.86. The van der Waals surface area contributed by atoms with E-state index in [0.717, 1.165) is 31.2 Å². The van der Waals surface area contributed by atoms with Crippen molar-refractivity contribution in [2.75, 3.05) is 0 Å². The minimum absolute atomic E-state index is 0.694. The summed E-state index contributed by atoms with van der Waals surface area (Å²) in [7, 11) is 0. The predicted molar refractivity (Wildman–Crippen MR) is 66.6 cm³/mol. The molecular weight excluding hydrogens is 214 g/mol. The zero-order chi connectivity index (χ0) is 11.9. The predicted octanol–water partition coefficient (Wildman–Crippen LogP) is 2.83. The maximum atomic E-state index is 5.58. The van der Waals surface area contributed by atoms with E-state index in [0.29, 0.717) is 6.04 Å². The molecule has 0 amide bonds. The molecule has 1 aromatic rings. The van der Waals surface area contributed by atoms with Crippen molar-refractivity contribution in [3.8, 4) is 0 Å². The Morgan fingerprint density at radius 2 is 1.88 bits per heavy atom. The molecule has 0 saturated heterocycles. The van der Waals surface area contributed by atoms with Gasteiger partial charge in [-0.3, -0.25) is 0 Å². The minimum Gasteiger partial charge on any atom is -0.424 e. The summed E-state index contributed by atoms with van der Waals surface area (Å²) >= 11 is 0. The third kappa shape index (κ3) is 4.86. The molecule has 0 atom stereocenters. The highest BCUT2D eigenvalue weighted by atomic mass is 16.4. The Hall–Kier alpha value is -0.900. The fraction of sp³-hybridized carbons (Fsp3) is 0.846. The lowest BCUT2D eigenvalue weighted by molar-refractivity contribution is 0.424. The van der Waals surface area contributed by atoms with Crippen LogP contribution in [-0.4, -0.2) is 16.2 Å². The number of hydrogen-bond donors (Lipinski definition) is 1. The van der Waals surface area contributed by atoms with E-state index in [1.165, 1.54) is 38.5 Å². The highest BCUT2D eigenvalue weighted by Crippen LogP contribution is 2.19. The molecular formula is C13H23N3O. The molecule has 4 heteroatoms. The molecule has 1 heterocycles. The van der Waals surface area contributed by atoms with Gasteiger partial charge in [-0.15, -0.1) is 10.2 Å². The van der Waals surface area contributed by atoms with E-state index >= 15 is 0 Å². The topological polar surface area (TPSA) is 51.0 Å². The lowest BCUT2D eigenvalue weighted by Crippen LogP contribution is -2.15. The van der Waals surface area contributed by atoms with Crippen molar-refractivity contribution in [3.05, 3.63) is 11.8 Å². The first kappa shape index (κ1) is 12.6. The molecule has 0 bridgehead atoms. The lowest BCUT2D eigenvalue weighted by atomic mass is 10.1. The average molecular weight is 237 g/mol. The summed E-state index contributed by atoms with van der Waals surface area (Å²) < 4.78 is 5.58. The van der Waals surface area contributed by atoms with Crippen molar-refractivity contribution in [3.63, 3.8) is 0 Å². The molecule has 0 aromatic carbocycles. The molecule has 1 aliphatic rings. The summed E-state index contributed by atoms with van der Waals surface area (Å²) in [6, 6.07) is 0.694. The van der Waals surface area contributed by atoms with Crippen LogP contribution < -0.4 is 5.32 Å². The summed E-state index contributed by atoms with van der Waals surface area (Å²) in [6.07, 6.45) is 9.89. The Morgan fingerprint density at radius 3 is 2.65 bits per heavy atom. The van der Waals surface area contributed by atoms with Crippen LogP contribution in [0.2, 0.25) is 0 Å². The number of rotatable bonds is 9. The van der Waals surface area contributed by atoms with Gasteiger partial charge >= 0.3 is 0 Å². The molecule has 96 valence electrons. The number of unbranched alkanes of at least 4 members (excludes halogenated alkanes) is 4. The number of hydrogen-bond acceptors (Lipinski definition) is 4. The van der Waals surface area contributed by atoms with Crippen molar-refractivity contribution in [1.82, 2.24) is 15.5 Å². The van der Waals surface area contributed by atoms with Gasteiger partial charge in [0.15, 0.2) is 0 Å². The molecule has 1 fully saturated rings. The van der Waals surface area contributed by atoms with Gasteiger partial charge in [0.25, 0.3) is 0 Å². The van der Waals surface area contributed by atoms with Crippen molar-refractivity contribution < 1.29 is 4.42 Å². The first-order chi connectivity index (χ1) is 8.38. The second kappa shape index (κ2) is 6.74. The summed E-state index contributed by atoms with van der Waals surface area (Å²) in [4.78, 5) is 0. The number of nitrogens with zero attached hydrogens (tertiary/aromatic N) is 2. The molecule has 4 nitrogen and oxygen atoms in total. The molecule has 17 heavy (non-hydrogen) atoms. The van der Waals surface area contributed by atoms with E-state index in [1.807, 2.05) is 0 Å². The summed E-state index contributed by atoms with van der Waals surface area (Å²) in [5, 5.41) is 11.5. The van der Waals surface area contributed by atoms with Gasteiger partial charge in [0.05, 0.1) is 6.54 Å². The van der Waals surface area contributed by atoms with Gasteiger partial charge in [-0.1, -0.05) is 32.6 Å². The number of aromatic nitrogens is 2. The van der Waals surface area contributed by atoms with E-state index in [9.17, 15) is 0 Å². The average Bonchev–Trinajstić information content (AvgIpc) is 3.06. The van der Waals surface area contributed by atoms with Crippen LogP contribution in [0.5, 0.6) is 0 Å². The maximum absolute atomic E-state index is 5.58. The fourth-order valence-electron chi connectivity index (χ4n) is 1.86. The Balaban J connectivity index is 1.59. The highest BCUT2D eigenvalue weighted by molar-refractivity contribution is 4.86. The smallest absolute Gasteiger partial charge is 0.230 e. The van der Waals surface area contributed by atoms with Gasteiger partial charge in [-0.2, -0.15) is 0 Å². The van der Waals surface area contributed by atoms with Gasteiger partial charge in [-0.25, -0.2) is 0 Å². The van der Waals surface area contributed by atoms with E-state index in [-0.39, 0.29) is 0 Å². The van der Waals surface area contributed by atoms with E-state index < -0.39 is 0 Å². The molecule has 0 spiro atoms. The minimum atomic E-state index is 0.694. The molecule has 0 aliphatic heterocycles. The second-order valence-corrected chi connectivity index (χ2v) is 4.91. The van der Waals surface area contributed by atoms with Gasteiger partial charge < -0.3 is 9.73 Å². The Bertz CT molecular complexity index is 320. The molecule has 1 N–H and O–H groups in total. The van der Waals surface area contributed by atoms with Crippen molar-refractivity contribution in [2.24, 2.45) is 0 Å². The Labute approximate surface area is 103 Å². The lowest BCUT2D eigenvalue weighted by Gasteiger charge is -1.97. The van der Waals surface area contributed by atoms with Crippen LogP contribution >= 0.6 is 0 Å². The van der Waals surface area contributed by atoms with E-state index in [2.05, 4.69) is 22.4 Å². The van der Waals surface area contributed by atoms with Crippen LogP contribution in [0.1, 0.15) is 63.7 Å². The molecule has 1 aliphatic carbocycles. The molecule has 2 rings (SSSR count). The van der Waals surface area contributed by atoms with Gasteiger partial charge in [0.1, 0.15) is 0 Å². The first-order valence-corrected chi connectivity index (χ1v) is 6.93. The Morgan fingerprint density at radius 1 is 1.12 bits per heavy atom. The zero-order valence-corrected chi connectivity index (χ0v) is 10.7. The second-order valence-electron chi connectivity index (χ2n) is 4.91. The van der Waals surface area contributed by atoms with Crippen LogP contribution in [-0.2, 0) is 13.0 Å². The summed E-state index contributed by atoms with van der Waals surface area (Å²) in [5.41, 5.74) is 0. The standard InChI is InChI=1S/C13H23N3O/c1-2-3-4-5-6-7-12-15-16-13(17-12)10-14-11-8-9-11/h11,14H,2-10H2,1H3. The SMILES string of the molecule is CCCCCCCc1nnc(CNC2CC2)o1. The summed E-state index contributed by atoms with van der Waals surface area (Å²) in [6.45, 7) is 2.96. The van der Waals surface area contributed by atoms with Crippen molar-refractivity contribution in [2.45, 2.75) is 70.9 Å². The van der Waals surface area contributed by atoms with Crippen LogP contribution in [0, 0.1) is 0 Å². The largest absolute Gasteiger partial charge is 0.424 e. The third-order valence-corrected chi connectivity index (χ3v) is 3.12. The van der Waals surface area contributed by atoms with Gasteiger partial charge in [0.2, 0.25) is 11.8 Å². The molecule has 0 radical (unpaired) electrons. The van der Waals surface area contributed by atoms with Crippen LogP contribution in [0.25, 0.3) is 0 Å². The van der Waals surface area contributed by atoms with Gasteiger partial charge in [-0.05, 0) is 19.3 Å². The quantitative estimate of drug-likeness (QED) is 0.671. The Kier molecular flexibility index (Phi) is 4.98. The van der Waals surface area contributed by atoms with Crippen LogP contribution in [0.15, 0.2) is 4.42 Å². The van der Waals surface area contributed by atoms with E-state index in [1.54, 1.807) is 0 Å². The molecule has 0 unspecified atom stereocenters. The molecule has 1 saturated carbocycles. The molecule has 1 aromatic heterocycles. The summed E-state index contributed by atoms with van der Waals surface area (Å²) in [5.74, 6) is 1.54. The maximum Gasteiger partial charge on any atom is 0.230 e. The first-order valence-electron chi connectivity index (χ1n) is 6.93. The monoisotopic (exact) mass is 237 g/mol. The van der Waals surface area contributed by atoms with Crippen LogP contribution in [0.4, 0.5) is 0 Å². The normalized spacial score (nSPS) is 15.4. The van der Waals surface area contributed by atoms with Gasteiger partial charge in [0, 0.05) is 12.5 Å². The number of aryl methyl sites for hydroxylation is 1. The number of nitrogens with one attached hydrogen (secondary N) is 1.